The maximum Gasteiger partial charge on any atom is 0.227 e. The van der Waals surface area contributed by atoms with E-state index in [-0.39, 0.29) is 11.1 Å². The fourth-order valence-electron chi connectivity index (χ4n) is 3.27. The summed E-state index contributed by atoms with van der Waals surface area (Å²) in [5.74, 6) is -0.0441. The lowest BCUT2D eigenvalue weighted by atomic mass is 9.99. The molecule has 5 nitrogen and oxygen atoms in total. The Kier molecular flexibility index (Phi) is 7.05. The van der Waals surface area contributed by atoms with Crippen LogP contribution >= 0.6 is 11.6 Å². The first-order valence-corrected chi connectivity index (χ1v) is 10.2. The summed E-state index contributed by atoms with van der Waals surface area (Å²) in [4.78, 5) is 18.6. The van der Waals surface area contributed by atoms with Crippen molar-refractivity contribution >= 4 is 28.9 Å². The van der Waals surface area contributed by atoms with Gasteiger partial charge < -0.3 is 10.6 Å². The molecule has 0 saturated heterocycles. The van der Waals surface area contributed by atoms with E-state index in [9.17, 15) is 10.1 Å². The number of unbranched alkanes of at least 4 members (excludes halogenated alkanes) is 1. The van der Waals surface area contributed by atoms with E-state index in [1.807, 2.05) is 49.4 Å². The van der Waals surface area contributed by atoms with Crippen molar-refractivity contribution in [3.8, 4) is 17.2 Å². The highest BCUT2D eigenvalue weighted by Crippen LogP contribution is 2.32. The lowest BCUT2D eigenvalue weighted by Crippen LogP contribution is -2.31. The molecule has 152 valence electrons. The van der Waals surface area contributed by atoms with Gasteiger partial charge in [0.25, 0.3) is 0 Å². The fraction of sp³-hybridized carbons (Fsp3) is 0.208. The highest BCUT2D eigenvalue weighted by molar-refractivity contribution is 6.33. The number of carbonyl (C=O) groups excluding carboxylic acids is 1. The first-order valence-electron chi connectivity index (χ1n) is 9.84. The number of rotatable bonds is 7. The number of hydrogen-bond acceptors (Lipinski definition) is 4. The van der Waals surface area contributed by atoms with E-state index in [0.29, 0.717) is 29.9 Å². The van der Waals surface area contributed by atoms with E-state index >= 15 is 0 Å². The molecule has 0 spiro atoms. The maximum absolute atomic E-state index is 12.9. The van der Waals surface area contributed by atoms with E-state index in [1.165, 1.54) is 6.20 Å². The van der Waals surface area contributed by atoms with E-state index in [2.05, 4.69) is 11.1 Å². The van der Waals surface area contributed by atoms with Crippen molar-refractivity contribution in [3.05, 3.63) is 77.1 Å². The number of pyridine rings is 1. The first-order chi connectivity index (χ1) is 14.5. The van der Waals surface area contributed by atoms with Crippen LogP contribution < -0.4 is 10.6 Å². The van der Waals surface area contributed by atoms with E-state index < -0.39 is 0 Å². The van der Waals surface area contributed by atoms with Crippen LogP contribution in [0.25, 0.3) is 11.1 Å². The molecule has 0 unspecified atom stereocenters. The molecule has 1 aromatic heterocycles. The largest absolute Gasteiger partial charge is 0.397 e. The number of carbonyl (C=O) groups is 1. The van der Waals surface area contributed by atoms with E-state index in [4.69, 9.17) is 17.3 Å². The van der Waals surface area contributed by atoms with Gasteiger partial charge in [0.15, 0.2) is 5.15 Å². The highest BCUT2D eigenvalue weighted by Gasteiger charge is 2.21. The van der Waals surface area contributed by atoms with Crippen molar-refractivity contribution in [2.75, 3.05) is 10.6 Å². The van der Waals surface area contributed by atoms with Crippen LogP contribution in [0.3, 0.4) is 0 Å². The monoisotopic (exact) mass is 418 g/mol. The number of nitrogens with two attached hydrogens (primary N) is 1. The van der Waals surface area contributed by atoms with Gasteiger partial charge >= 0.3 is 0 Å². The van der Waals surface area contributed by atoms with Crippen LogP contribution in [0.2, 0.25) is 5.15 Å². The zero-order valence-corrected chi connectivity index (χ0v) is 17.6. The van der Waals surface area contributed by atoms with Gasteiger partial charge in [-0.1, -0.05) is 67.4 Å². The minimum absolute atomic E-state index is 0.0441. The Hall–Kier alpha value is -3.36. The average Bonchev–Trinajstić information content (AvgIpc) is 2.77. The number of nitrogens with zero attached hydrogens (tertiary/aromatic N) is 3. The van der Waals surface area contributed by atoms with Gasteiger partial charge in [0.1, 0.15) is 5.69 Å². The zero-order chi connectivity index (χ0) is 21.5. The molecule has 3 aromatic rings. The van der Waals surface area contributed by atoms with Gasteiger partial charge in [-0.05, 0) is 35.2 Å². The van der Waals surface area contributed by atoms with Crippen molar-refractivity contribution in [1.82, 2.24) is 4.98 Å². The predicted molar refractivity (Wildman–Crippen MR) is 121 cm³/mol. The Morgan fingerprint density at radius 3 is 2.57 bits per heavy atom. The van der Waals surface area contributed by atoms with Gasteiger partial charge in [-0.3, -0.25) is 4.79 Å². The molecule has 1 amide bonds. The van der Waals surface area contributed by atoms with Crippen LogP contribution in [0.5, 0.6) is 0 Å². The third-order valence-electron chi connectivity index (χ3n) is 4.88. The summed E-state index contributed by atoms with van der Waals surface area (Å²) in [6.07, 6.45) is 3.64. The van der Waals surface area contributed by atoms with Crippen LogP contribution in [0, 0.1) is 11.3 Å². The fourth-order valence-corrected chi connectivity index (χ4v) is 3.54. The summed E-state index contributed by atoms with van der Waals surface area (Å²) in [7, 11) is 0. The minimum atomic E-state index is -0.0441. The van der Waals surface area contributed by atoms with Gasteiger partial charge in [0.05, 0.1) is 23.9 Å². The van der Waals surface area contributed by atoms with Crippen LogP contribution in [0.1, 0.15) is 37.3 Å². The molecule has 2 aromatic carbocycles. The number of benzene rings is 2. The van der Waals surface area contributed by atoms with Crippen LogP contribution in [0.4, 0.5) is 11.4 Å². The number of halogens is 1. The SMILES string of the molecule is CCCCC(=O)N(Cc1ccc(-c2ccccc2C#N)cc1)c1c(N)ccnc1Cl. The van der Waals surface area contributed by atoms with Crippen molar-refractivity contribution in [1.29, 1.82) is 5.26 Å². The summed E-state index contributed by atoms with van der Waals surface area (Å²) in [6, 6.07) is 19.1. The predicted octanol–water partition coefficient (Wildman–Crippen LogP) is 5.58. The van der Waals surface area contributed by atoms with Crippen molar-refractivity contribution < 1.29 is 4.79 Å². The standard InChI is InChI=1S/C24H23ClN4O/c1-2-3-8-22(30)29(23-21(27)13-14-28-24(23)25)16-17-9-11-18(12-10-17)20-7-5-4-6-19(20)15-26/h4-7,9-14H,2-3,8,16H2,1H3,(H2,27,28). The van der Waals surface area contributed by atoms with E-state index in [1.54, 1.807) is 17.0 Å². The highest BCUT2D eigenvalue weighted by atomic mass is 35.5. The third kappa shape index (κ3) is 4.79. The van der Waals surface area contributed by atoms with Gasteiger partial charge in [-0.15, -0.1) is 0 Å². The third-order valence-corrected chi connectivity index (χ3v) is 5.16. The second-order valence-electron chi connectivity index (χ2n) is 6.98. The molecule has 0 atom stereocenters. The topological polar surface area (TPSA) is 83.0 Å². The number of amides is 1. The molecule has 2 N–H and O–H groups in total. The Balaban J connectivity index is 1.91. The lowest BCUT2D eigenvalue weighted by Gasteiger charge is -2.25. The van der Waals surface area contributed by atoms with Gasteiger partial charge in [-0.2, -0.15) is 5.26 Å². The molecule has 1 heterocycles. The summed E-state index contributed by atoms with van der Waals surface area (Å²) in [5.41, 5.74) is 10.4. The second-order valence-corrected chi connectivity index (χ2v) is 7.34. The summed E-state index contributed by atoms with van der Waals surface area (Å²) < 4.78 is 0. The molecule has 3 rings (SSSR count). The maximum atomic E-state index is 12.9. The Bertz CT molecular complexity index is 1050. The second kappa shape index (κ2) is 9.91. The van der Waals surface area contributed by atoms with Gasteiger partial charge in [0.2, 0.25) is 5.91 Å². The number of hydrogen-bond donors (Lipinski definition) is 1. The lowest BCUT2D eigenvalue weighted by molar-refractivity contribution is -0.118. The Morgan fingerprint density at radius 2 is 1.90 bits per heavy atom. The van der Waals surface area contributed by atoms with Crippen LogP contribution in [0.15, 0.2) is 60.8 Å². The normalized spacial score (nSPS) is 10.4. The molecule has 0 aliphatic rings. The smallest absolute Gasteiger partial charge is 0.227 e. The molecule has 30 heavy (non-hydrogen) atoms. The van der Waals surface area contributed by atoms with Crippen molar-refractivity contribution in [2.24, 2.45) is 0 Å². The molecule has 0 bridgehead atoms. The molecule has 0 fully saturated rings. The van der Waals surface area contributed by atoms with Crippen LogP contribution in [-0.4, -0.2) is 10.9 Å². The molecule has 0 aliphatic carbocycles. The summed E-state index contributed by atoms with van der Waals surface area (Å²) in [5, 5.41) is 9.55. The first kappa shape index (κ1) is 21.4. The average molecular weight is 419 g/mol. The quantitative estimate of drug-likeness (QED) is 0.507. The molecule has 0 aliphatic heterocycles. The Morgan fingerprint density at radius 1 is 1.17 bits per heavy atom. The number of nitrogen functional groups attached to an aromatic ring is 1. The van der Waals surface area contributed by atoms with Gasteiger partial charge in [0, 0.05) is 12.6 Å². The van der Waals surface area contributed by atoms with Gasteiger partial charge in [-0.25, -0.2) is 4.98 Å². The molecule has 0 radical (unpaired) electrons. The van der Waals surface area contributed by atoms with E-state index in [0.717, 1.165) is 29.5 Å². The summed E-state index contributed by atoms with van der Waals surface area (Å²) >= 11 is 6.29. The molecule has 0 saturated carbocycles. The van der Waals surface area contributed by atoms with Crippen molar-refractivity contribution in [3.63, 3.8) is 0 Å². The molecule has 6 heteroatoms. The molecular formula is C24H23ClN4O. The zero-order valence-electron chi connectivity index (χ0n) is 16.8. The van der Waals surface area contributed by atoms with Crippen molar-refractivity contribution in [2.45, 2.75) is 32.7 Å². The summed E-state index contributed by atoms with van der Waals surface area (Å²) in [6.45, 7) is 2.37. The Labute approximate surface area is 181 Å². The number of anilines is 2. The molecular weight excluding hydrogens is 396 g/mol. The number of nitriles is 1. The van der Waals surface area contributed by atoms with Crippen LogP contribution in [-0.2, 0) is 11.3 Å². The number of aromatic nitrogens is 1. The minimum Gasteiger partial charge on any atom is -0.397 e.